The topological polar surface area (TPSA) is 103 Å². The number of aromatic nitrogens is 3. The molecular weight excluding hydrogens is 452 g/mol. The van der Waals surface area contributed by atoms with Gasteiger partial charge in [0.05, 0.1) is 13.5 Å². The molecule has 0 atom stereocenters. The van der Waals surface area contributed by atoms with Crippen LogP contribution in [0.4, 0.5) is 0 Å². The van der Waals surface area contributed by atoms with Gasteiger partial charge < -0.3 is 19.1 Å². The van der Waals surface area contributed by atoms with E-state index in [1.165, 1.54) is 0 Å². The molecule has 4 aromatic rings. The number of hydrogen-bond acceptors (Lipinski definition) is 7. The molecule has 1 N–H and O–H groups in total. The molecule has 2 aromatic heterocycles. The highest BCUT2D eigenvalue weighted by Crippen LogP contribution is 2.22. The van der Waals surface area contributed by atoms with Crippen LogP contribution in [0.2, 0.25) is 0 Å². The van der Waals surface area contributed by atoms with Gasteiger partial charge >= 0.3 is 0 Å². The Labute approximate surface area is 180 Å². The predicted octanol–water partition coefficient (Wildman–Crippen LogP) is 4.02. The highest BCUT2D eigenvalue weighted by atomic mass is 79.9. The largest absolute Gasteiger partial charge is 0.497 e. The van der Waals surface area contributed by atoms with E-state index in [0.29, 0.717) is 24.0 Å². The van der Waals surface area contributed by atoms with Crippen LogP contribution in [0.15, 0.2) is 68.1 Å². The van der Waals surface area contributed by atoms with Crippen LogP contribution in [0, 0.1) is 0 Å². The molecule has 0 saturated carbocycles. The van der Waals surface area contributed by atoms with Crippen LogP contribution in [0.3, 0.4) is 0 Å². The maximum absolute atomic E-state index is 12.3. The smallest absolute Gasteiger partial charge is 0.273 e. The van der Waals surface area contributed by atoms with Crippen molar-refractivity contribution < 1.29 is 18.6 Å². The summed E-state index contributed by atoms with van der Waals surface area (Å²) in [5, 5.41) is 10.6. The second-order valence-corrected chi connectivity index (χ2v) is 7.33. The summed E-state index contributed by atoms with van der Waals surface area (Å²) >= 11 is 3.41. The Morgan fingerprint density at radius 3 is 2.70 bits per heavy atom. The van der Waals surface area contributed by atoms with Crippen molar-refractivity contribution in [2.75, 3.05) is 7.11 Å². The van der Waals surface area contributed by atoms with Crippen molar-refractivity contribution in [3.05, 3.63) is 81.9 Å². The Balaban J connectivity index is 1.36. The Morgan fingerprint density at radius 2 is 1.93 bits per heavy atom. The van der Waals surface area contributed by atoms with E-state index in [2.05, 4.69) is 36.5 Å². The lowest BCUT2D eigenvalue weighted by molar-refractivity contribution is 0.0941. The van der Waals surface area contributed by atoms with E-state index in [1.54, 1.807) is 13.2 Å². The van der Waals surface area contributed by atoms with Crippen LogP contribution < -0.4 is 10.1 Å². The standard InChI is InChI=1S/C21H17BrN4O4/c1-28-16-7-5-13(6-8-16)12-23-20(27)18-10-17(29-25-18)11-19-24-21(30-26-19)14-3-2-4-15(22)9-14/h2-10H,11-12H2,1H3,(H,23,27). The summed E-state index contributed by atoms with van der Waals surface area (Å²) < 4.78 is 16.6. The molecule has 0 spiro atoms. The fraction of sp³-hybridized carbons (Fsp3) is 0.143. The lowest BCUT2D eigenvalue weighted by atomic mass is 10.2. The SMILES string of the molecule is COc1ccc(CNC(=O)c2cc(Cc3noc(-c4cccc(Br)c4)n3)on2)cc1. The molecule has 0 bridgehead atoms. The van der Waals surface area contributed by atoms with Crippen molar-refractivity contribution >= 4 is 21.8 Å². The highest BCUT2D eigenvalue weighted by Gasteiger charge is 2.16. The van der Waals surface area contributed by atoms with Gasteiger partial charge in [-0.3, -0.25) is 4.79 Å². The first kappa shape index (κ1) is 19.8. The zero-order chi connectivity index (χ0) is 20.9. The number of carbonyl (C=O) groups excluding carboxylic acids is 1. The Morgan fingerprint density at radius 1 is 1.10 bits per heavy atom. The summed E-state index contributed by atoms with van der Waals surface area (Å²) in [4.78, 5) is 16.7. The molecule has 2 aromatic carbocycles. The molecule has 0 saturated heterocycles. The highest BCUT2D eigenvalue weighted by molar-refractivity contribution is 9.10. The number of rotatable bonds is 7. The van der Waals surface area contributed by atoms with E-state index < -0.39 is 0 Å². The quantitative estimate of drug-likeness (QED) is 0.436. The van der Waals surface area contributed by atoms with Gasteiger partial charge in [0.15, 0.2) is 11.5 Å². The predicted molar refractivity (Wildman–Crippen MR) is 111 cm³/mol. The summed E-state index contributed by atoms with van der Waals surface area (Å²) in [6.45, 7) is 0.367. The molecule has 4 rings (SSSR count). The van der Waals surface area contributed by atoms with Crippen molar-refractivity contribution in [3.8, 4) is 17.2 Å². The van der Waals surface area contributed by atoms with Crippen molar-refractivity contribution in [1.82, 2.24) is 20.6 Å². The molecule has 152 valence electrons. The van der Waals surface area contributed by atoms with Crippen LogP contribution in [0.1, 0.15) is 27.6 Å². The third kappa shape index (κ3) is 4.74. The molecule has 0 unspecified atom stereocenters. The van der Waals surface area contributed by atoms with Gasteiger partial charge in [-0.2, -0.15) is 4.98 Å². The number of ether oxygens (including phenoxy) is 1. The monoisotopic (exact) mass is 468 g/mol. The number of nitrogens with one attached hydrogen (secondary N) is 1. The number of hydrogen-bond donors (Lipinski definition) is 1. The van der Waals surface area contributed by atoms with E-state index in [9.17, 15) is 4.79 Å². The number of nitrogens with zero attached hydrogens (tertiary/aromatic N) is 3. The van der Waals surface area contributed by atoms with Crippen LogP contribution in [0.5, 0.6) is 5.75 Å². The number of carbonyl (C=O) groups is 1. The molecule has 2 heterocycles. The van der Waals surface area contributed by atoms with Crippen molar-refractivity contribution in [2.24, 2.45) is 0 Å². The van der Waals surface area contributed by atoms with Gasteiger partial charge in [-0.1, -0.05) is 44.4 Å². The first-order valence-corrected chi connectivity index (χ1v) is 9.85. The third-order valence-electron chi connectivity index (χ3n) is 4.28. The van der Waals surface area contributed by atoms with Crippen molar-refractivity contribution in [2.45, 2.75) is 13.0 Å². The summed E-state index contributed by atoms with van der Waals surface area (Å²) in [6.07, 6.45) is 0.260. The summed E-state index contributed by atoms with van der Waals surface area (Å²) in [5.74, 6) is 1.74. The molecular formula is C21H17BrN4O4. The lowest BCUT2D eigenvalue weighted by Crippen LogP contribution is -2.23. The second kappa shape index (κ2) is 8.91. The average molecular weight is 469 g/mol. The number of methoxy groups -OCH3 is 1. The zero-order valence-corrected chi connectivity index (χ0v) is 17.5. The molecule has 0 aliphatic heterocycles. The van der Waals surface area contributed by atoms with Crippen molar-refractivity contribution in [3.63, 3.8) is 0 Å². The van der Waals surface area contributed by atoms with Gasteiger partial charge in [0.25, 0.3) is 11.8 Å². The van der Waals surface area contributed by atoms with Crippen molar-refractivity contribution in [1.29, 1.82) is 0 Å². The van der Waals surface area contributed by atoms with Crippen LogP contribution >= 0.6 is 15.9 Å². The fourth-order valence-electron chi connectivity index (χ4n) is 2.74. The maximum Gasteiger partial charge on any atom is 0.273 e. The van der Waals surface area contributed by atoms with E-state index in [1.807, 2.05) is 48.5 Å². The van der Waals surface area contributed by atoms with Gasteiger partial charge in [0.2, 0.25) is 0 Å². The molecule has 9 heteroatoms. The summed E-state index contributed by atoms with van der Waals surface area (Å²) in [7, 11) is 1.61. The third-order valence-corrected chi connectivity index (χ3v) is 4.77. The Hall–Kier alpha value is -3.46. The van der Waals surface area contributed by atoms with Gasteiger partial charge in [0, 0.05) is 22.6 Å². The molecule has 8 nitrogen and oxygen atoms in total. The van der Waals surface area contributed by atoms with Crippen LogP contribution in [-0.4, -0.2) is 28.3 Å². The first-order valence-electron chi connectivity index (χ1n) is 9.06. The Bertz CT molecular complexity index is 1150. The molecule has 0 aliphatic rings. The normalized spacial score (nSPS) is 10.7. The summed E-state index contributed by atoms with van der Waals surface area (Å²) in [6, 6.07) is 16.6. The Kier molecular flexibility index (Phi) is 5.89. The zero-order valence-electron chi connectivity index (χ0n) is 16.0. The van der Waals surface area contributed by atoms with Crippen LogP contribution in [-0.2, 0) is 13.0 Å². The van der Waals surface area contributed by atoms with Crippen LogP contribution in [0.25, 0.3) is 11.5 Å². The first-order chi connectivity index (χ1) is 14.6. The van der Waals surface area contributed by atoms with E-state index in [0.717, 1.165) is 21.3 Å². The molecule has 0 radical (unpaired) electrons. The van der Waals surface area contributed by atoms with Gasteiger partial charge in [-0.15, -0.1) is 0 Å². The maximum atomic E-state index is 12.3. The van der Waals surface area contributed by atoms with E-state index >= 15 is 0 Å². The molecule has 0 aliphatic carbocycles. The lowest BCUT2D eigenvalue weighted by Gasteiger charge is -2.04. The van der Waals surface area contributed by atoms with E-state index in [4.69, 9.17) is 13.8 Å². The van der Waals surface area contributed by atoms with Gasteiger partial charge in [-0.05, 0) is 35.9 Å². The van der Waals surface area contributed by atoms with Gasteiger partial charge in [-0.25, -0.2) is 0 Å². The molecule has 30 heavy (non-hydrogen) atoms. The average Bonchev–Trinajstić information content (AvgIpc) is 3.43. The minimum Gasteiger partial charge on any atom is -0.497 e. The number of halogens is 1. The molecule has 0 fully saturated rings. The van der Waals surface area contributed by atoms with Gasteiger partial charge in [0.1, 0.15) is 11.5 Å². The molecule has 1 amide bonds. The summed E-state index contributed by atoms with van der Waals surface area (Å²) in [5.41, 5.74) is 1.94. The number of benzene rings is 2. The number of amides is 1. The minimum absolute atomic E-state index is 0.189. The second-order valence-electron chi connectivity index (χ2n) is 6.41. The fourth-order valence-corrected chi connectivity index (χ4v) is 3.14. The minimum atomic E-state index is -0.330. The van der Waals surface area contributed by atoms with E-state index in [-0.39, 0.29) is 18.0 Å².